The second-order valence-electron chi connectivity index (χ2n) is 7.95. The number of carbonyl (C=O) groups excluding carboxylic acids is 1. The highest BCUT2D eigenvalue weighted by atomic mass is 32.1. The number of rotatable bonds is 5. The molecule has 3 heterocycles. The molecule has 168 valence electrons. The molecule has 1 aliphatic heterocycles. The Labute approximate surface area is 192 Å². The third-order valence-electron chi connectivity index (χ3n) is 5.45. The van der Waals surface area contributed by atoms with Crippen LogP contribution in [-0.4, -0.2) is 21.8 Å². The number of hydrogen-bond acceptors (Lipinski definition) is 6. The predicted octanol–water partition coefficient (Wildman–Crippen LogP) is 2.88. The van der Waals surface area contributed by atoms with E-state index in [9.17, 15) is 14.4 Å². The molecule has 0 saturated heterocycles. The fourth-order valence-electron chi connectivity index (χ4n) is 4.00. The van der Waals surface area contributed by atoms with Crippen LogP contribution in [0.25, 0.3) is 15.9 Å². The lowest BCUT2D eigenvalue weighted by molar-refractivity contribution is -0.121. The molecule has 2 aromatic carbocycles. The number of ether oxygens (including phenoxy) is 2. The summed E-state index contributed by atoms with van der Waals surface area (Å²) in [5.41, 5.74) is 2.74. The van der Waals surface area contributed by atoms with E-state index in [0.717, 1.165) is 21.3 Å². The van der Waals surface area contributed by atoms with Crippen molar-refractivity contribution >= 4 is 27.5 Å². The van der Waals surface area contributed by atoms with Gasteiger partial charge in [-0.25, -0.2) is 9.36 Å². The number of carbonyl (C=O) groups is 1. The van der Waals surface area contributed by atoms with Crippen LogP contribution in [0.15, 0.2) is 57.4 Å². The van der Waals surface area contributed by atoms with Crippen molar-refractivity contribution < 1.29 is 14.3 Å². The van der Waals surface area contributed by atoms with Gasteiger partial charge < -0.3 is 14.8 Å². The number of benzene rings is 2. The minimum Gasteiger partial charge on any atom is -0.454 e. The van der Waals surface area contributed by atoms with Crippen LogP contribution in [0.1, 0.15) is 16.7 Å². The molecule has 0 bridgehead atoms. The molecule has 9 heteroatoms. The van der Waals surface area contributed by atoms with Gasteiger partial charge in [0.1, 0.15) is 11.2 Å². The van der Waals surface area contributed by atoms with Crippen molar-refractivity contribution in [3.8, 4) is 17.2 Å². The van der Waals surface area contributed by atoms with Gasteiger partial charge in [0.15, 0.2) is 11.5 Å². The lowest BCUT2D eigenvalue weighted by atomic mass is 10.1. The maximum Gasteiger partial charge on any atom is 0.336 e. The molecule has 33 heavy (non-hydrogen) atoms. The van der Waals surface area contributed by atoms with Crippen LogP contribution < -0.4 is 26.0 Å². The van der Waals surface area contributed by atoms with Crippen molar-refractivity contribution in [2.45, 2.75) is 26.9 Å². The van der Waals surface area contributed by atoms with Gasteiger partial charge in [-0.3, -0.25) is 14.2 Å². The van der Waals surface area contributed by atoms with E-state index in [4.69, 9.17) is 9.47 Å². The van der Waals surface area contributed by atoms with Crippen LogP contribution in [0.4, 0.5) is 0 Å². The molecule has 0 saturated carbocycles. The number of aromatic nitrogens is 2. The Morgan fingerprint density at radius 1 is 1.03 bits per heavy atom. The van der Waals surface area contributed by atoms with Crippen LogP contribution in [0.2, 0.25) is 0 Å². The molecule has 1 N–H and O–H groups in total. The average Bonchev–Trinajstić information content (AvgIpc) is 3.44. The van der Waals surface area contributed by atoms with Gasteiger partial charge in [-0.05, 0) is 66.2 Å². The van der Waals surface area contributed by atoms with E-state index in [1.54, 1.807) is 29.6 Å². The summed E-state index contributed by atoms with van der Waals surface area (Å²) in [4.78, 5) is 39.3. The largest absolute Gasteiger partial charge is 0.454 e. The number of nitrogens with zero attached hydrogens (tertiary/aromatic N) is 2. The number of fused-ring (bicyclic) bond motifs is 2. The normalized spacial score (nSPS) is 12.3. The molecule has 0 aliphatic carbocycles. The summed E-state index contributed by atoms with van der Waals surface area (Å²) < 4.78 is 13.6. The average molecular weight is 464 g/mol. The maximum absolute atomic E-state index is 13.4. The zero-order valence-electron chi connectivity index (χ0n) is 18.1. The van der Waals surface area contributed by atoms with Crippen molar-refractivity contribution in [1.82, 2.24) is 14.5 Å². The van der Waals surface area contributed by atoms with Crippen molar-refractivity contribution in [2.75, 3.05) is 6.79 Å². The van der Waals surface area contributed by atoms with Crippen molar-refractivity contribution in [1.29, 1.82) is 0 Å². The number of nitrogens with one attached hydrogen (secondary N) is 1. The lowest BCUT2D eigenvalue weighted by Crippen LogP contribution is -2.41. The summed E-state index contributed by atoms with van der Waals surface area (Å²) in [6.45, 7) is 4.07. The fraction of sp³-hybridized carbons (Fsp3) is 0.208. The van der Waals surface area contributed by atoms with E-state index in [-0.39, 0.29) is 31.3 Å². The third-order valence-corrected chi connectivity index (χ3v) is 6.34. The zero-order valence-corrected chi connectivity index (χ0v) is 18.9. The molecule has 0 atom stereocenters. The van der Waals surface area contributed by atoms with E-state index < -0.39 is 5.69 Å². The van der Waals surface area contributed by atoms with Crippen LogP contribution in [-0.2, 0) is 17.9 Å². The third kappa shape index (κ3) is 3.91. The Kier molecular flexibility index (Phi) is 5.26. The number of thiophene rings is 1. The van der Waals surface area contributed by atoms with Gasteiger partial charge in [-0.2, -0.15) is 0 Å². The Morgan fingerprint density at radius 3 is 2.58 bits per heavy atom. The molecule has 4 aromatic rings. The topological polar surface area (TPSA) is 91.6 Å². The SMILES string of the molecule is Cc1cc(C)cc(-n2c(=O)c3sccc3n(CC(=O)NCc3ccc4c(c3)OCO4)c2=O)c1. The second-order valence-corrected chi connectivity index (χ2v) is 8.87. The molecule has 1 aliphatic rings. The number of aryl methyl sites for hydroxylation is 2. The van der Waals surface area contributed by atoms with E-state index in [0.29, 0.717) is 27.4 Å². The van der Waals surface area contributed by atoms with Gasteiger partial charge in [-0.15, -0.1) is 11.3 Å². The summed E-state index contributed by atoms with van der Waals surface area (Å²) in [6.07, 6.45) is 0. The van der Waals surface area contributed by atoms with Crippen LogP contribution in [0, 0.1) is 13.8 Å². The Balaban J connectivity index is 1.46. The first-order valence-electron chi connectivity index (χ1n) is 10.4. The first kappa shape index (κ1) is 21.0. The fourth-order valence-corrected chi connectivity index (χ4v) is 4.82. The smallest absolute Gasteiger partial charge is 0.336 e. The molecule has 2 aromatic heterocycles. The highest BCUT2D eigenvalue weighted by Gasteiger charge is 2.18. The van der Waals surface area contributed by atoms with E-state index in [2.05, 4.69) is 5.32 Å². The highest BCUT2D eigenvalue weighted by molar-refractivity contribution is 7.17. The molecule has 0 unspecified atom stereocenters. The van der Waals surface area contributed by atoms with Gasteiger partial charge in [-0.1, -0.05) is 12.1 Å². The quantitative estimate of drug-likeness (QED) is 0.492. The van der Waals surface area contributed by atoms with Crippen molar-refractivity contribution in [3.05, 3.63) is 85.4 Å². The van der Waals surface area contributed by atoms with Gasteiger partial charge in [0.05, 0.1) is 11.2 Å². The van der Waals surface area contributed by atoms with E-state index in [1.807, 2.05) is 32.0 Å². The number of amides is 1. The summed E-state index contributed by atoms with van der Waals surface area (Å²) in [5.74, 6) is 0.969. The molecule has 8 nitrogen and oxygen atoms in total. The molecular weight excluding hydrogens is 442 g/mol. The molecule has 0 radical (unpaired) electrons. The predicted molar refractivity (Wildman–Crippen MR) is 126 cm³/mol. The summed E-state index contributed by atoms with van der Waals surface area (Å²) in [5, 5.41) is 4.58. The molecule has 5 rings (SSSR count). The standard InChI is InChI=1S/C24H21N3O5S/c1-14-7-15(2)9-17(8-14)27-23(29)22-18(5-6-33-22)26(24(27)30)12-21(28)25-11-16-3-4-19-20(10-16)32-13-31-19/h3-10H,11-13H2,1-2H3,(H,25,28). The van der Waals surface area contributed by atoms with Gasteiger partial charge in [0.25, 0.3) is 5.56 Å². The second kappa shape index (κ2) is 8.25. The Bertz CT molecular complexity index is 1490. The van der Waals surface area contributed by atoms with Gasteiger partial charge in [0, 0.05) is 6.54 Å². The molecule has 1 amide bonds. The first-order chi connectivity index (χ1) is 15.9. The molecule has 0 fully saturated rings. The van der Waals surface area contributed by atoms with Gasteiger partial charge >= 0.3 is 5.69 Å². The zero-order chi connectivity index (χ0) is 23.1. The monoisotopic (exact) mass is 463 g/mol. The van der Waals surface area contributed by atoms with Gasteiger partial charge in [0.2, 0.25) is 12.7 Å². The number of hydrogen-bond donors (Lipinski definition) is 1. The van der Waals surface area contributed by atoms with Crippen LogP contribution in [0.5, 0.6) is 11.5 Å². The highest BCUT2D eigenvalue weighted by Crippen LogP contribution is 2.32. The van der Waals surface area contributed by atoms with Crippen LogP contribution >= 0.6 is 11.3 Å². The van der Waals surface area contributed by atoms with E-state index in [1.165, 1.54) is 15.9 Å². The molecule has 0 spiro atoms. The Hall–Kier alpha value is -3.85. The van der Waals surface area contributed by atoms with Crippen molar-refractivity contribution in [2.24, 2.45) is 0 Å². The Morgan fingerprint density at radius 2 is 1.79 bits per heavy atom. The maximum atomic E-state index is 13.4. The van der Waals surface area contributed by atoms with Crippen LogP contribution in [0.3, 0.4) is 0 Å². The van der Waals surface area contributed by atoms with E-state index >= 15 is 0 Å². The summed E-state index contributed by atoms with van der Waals surface area (Å²) in [7, 11) is 0. The minimum absolute atomic E-state index is 0.181. The minimum atomic E-state index is -0.547. The first-order valence-corrected chi connectivity index (χ1v) is 11.3. The molecular formula is C24H21N3O5S. The summed E-state index contributed by atoms with van der Waals surface area (Å²) >= 11 is 1.25. The van der Waals surface area contributed by atoms with Crippen molar-refractivity contribution in [3.63, 3.8) is 0 Å². The summed E-state index contributed by atoms with van der Waals surface area (Å²) in [6, 6.07) is 12.7. The lowest BCUT2D eigenvalue weighted by Gasteiger charge is -2.13.